The van der Waals surface area contributed by atoms with E-state index in [9.17, 15) is 14.4 Å². The van der Waals surface area contributed by atoms with Gasteiger partial charge in [0.2, 0.25) is 11.8 Å². The van der Waals surface area contributed by atoms with Crippen LogP contribution in [0.25, 0.3) is 0 Å². The first-order valence-electron chi connectivity index (χ1n) is 11.4. The summed E-state index contributed by atoms with van der Waals surface area (Å²) in [5.41, 5.74) is 2.14. The molecule has 0 aliphatic carbocycles. The molecule has 1 saturated heterocycles. The van der Waals surface area contributed by atoms with Gasteiger partial charge in [-0.3, -0.25) is 24.2 Å². The molecule has 34 heavy (non-hydrogen) atoms. The Labute approximate surface area is 202 Å². The second-order valence-electron chi connectivity index (χ2n) is 8.86. The van der Waals surface area contributed by atoms with Crippen LogP contribution in [0.4, 0.5) is 16.5 Å². The molecule has 1 atom stereocenters. The molecule has 8 heteroatoms. The molecule has 5 rings (SSSR count). The van der Waals surface area contributed by atoms with Crippen molar-refractivity contribution in [2.75, 3.05) is 16.3 Å². The summed E-state index contributed by atoms with van der Waals surface area (Å²) in [5, 5.41) is 2.56. The Kier molecular flexibility index (Phi) is 5.69. The van der Waals surface area contributed by atoms with Crippen LogP contribution in [0.3, 0.4) is 0 Å². The summed E-state index contributed by atoms with van der Waals surface area (Å²) >= 11 is 1.43. The highest BCUT2D eigenvalue weighted by Gasteiger charge is 2.52. The van der Waals surface area contributed by atoms with E-state index in [1.165, 1.54) is 11.3 Å². The van der Waals surface area contributed by atoms with Gasteiger partial charge >= 0.3 is 0 Å². The number of hydrogen-bond donors (Lipinski definition) is 0. The molecule has 1 aromatic heterocycles. The molecule has 0 spiro atoms. The summed E-state index contributed by atoms with van der Waals surface area (Å²) in [4.78, 5) is 49.2. The second-order valence-corrected chi connectivity index (χ2v) is 9.70. The number of aromatic nitrogens is 1. The highest BCUT2D eigenvalue weighted by molar-refractivity contribution is 7.14. The molecular formula is C26H26N4O3S. The maximum atomic E-state index is 13.4. The van der Waals surface area contributed by atoms with Crippen LogP contribution in [0.2, 0.25) is 0 Å². The molecule has 3 amide bonds. The Morgan fingerprint density at radius 2 is 1.85 bits per heavy atom. The third kappa shape index (κ3) is 3.68. The molecule has 3 heterocycles. The first kappa shape index (κ1) is 22.3. The van der Waals surface area contributed by atoms with Crippen LogP contribution in [0.15, 0.2) is 60.0 Å². The number of amides is 3. The van der Waals surface area contributed by atoms with E-state index in [1.54, 1.807) is 20.8 Å². The minimum Gasteiger partial charge on any atom is -0.315 e. The first-order chi connectivity index (χ1) is 16.4. The molecule has 2 aromatic carbocycles. The number of thiazole rings is 1. The lowest BCUT2D eigenvalue weighted by atomic mass is 9.98. The fraction of sp³-hybridized carbons (Fsp3) is 0.308. The van der Waals surface area contributed by atoms with Gasteiger partial charge < -0.3 is 4.90 Å². The van der Waals surface area contributed by atoms with Crippen molar-refractivity contribution in [2.24, 2.45) is 0 Å². The summed E-state index contributed by atoms with van der Waals surface area (Å²) in [6.45, 7) is 4.24. The summed E-state index contributed by atoms with van der Waals surface area (Å²) in [7, 11) is 0. The Bertz CT molecular complexity index is 1260. The van der Waals surface area contributed by atoms with Crippen molar-refractivity contribution >= 4 is 45.6 Å². The zero-order chi connectivity index (χ0) is 23.9. The average molecular weight is 475 g/mol. The van der Waals surface area contributed by atoms with E-state index < -0.39 is 5.66 Å². The van der Waals surface area contributed by atoms with Gasteiger partial charge in [0.1, 0.15) is 5.66 Å². The predicted octanol–water partition coefficient (Wildman–Crippen LogP) is 4.90. The predicted molar refractivity (Wildman–Crippen MR) is 132 cm³/mol. The highest BCUT2D eigenvalue weighted by Crippen LogP contribution is 2.44. The third-order valence-electron chi connectivity index (χ3n) is 6.58. The normalized spacial score (nSPS) is 19.2. The smallest absolute Gasteiger partial charge is 0.257 e. The SMILES string of the molecule is Cc1csc(N(C(=O)CCCN2C(=O)c3ccccc3N3C(=O)CCC23C)c2ccccc2)n1. The van der Waals surface area contributed by atoms with Gasteiger partial charge in [0.05, 0.1) is 22.6 Å². The van der Waals surface area contributed by atoms with Gasteiger partial charge in [0.15, 0.2) is 5.13 Å². The van der Waals surface area contributed by atoms with E-state index in [-0.39, 0.29) is 24.1 Å². The van der Waals surface area contributed by atoms with E-state index in [1.807, 2.05) is 67.8 Å². The van der Waals surface area contributed by atoms with Gasteiger partial charge in [-0.2, -0.15) is 0 Å². The molecule has 1 fully saturated rings. The number of carbonyl (C=O) groups excluding carboxylic acids is 3. The van der Waals surface area contributed by atoms with Crippen molar-refractivity contribution in [1.29, 1.82) is 0 Å². The van der Waals surface area contributed by atoms with Crippen molar-refractivity contribution in [3.63, 3.8) is 0 Å². The molecule has 2 aliphatic rings. The fourth-order valence-corrected chi connectivity index (χ4v) is 5.76. The zero-order valence-electron chi connectivity index (χ0n) is 19.2. The van der Waals surface area contributed by atoms with Crippen LogP contribution in [-0.4, -0.2) is 39.8 Å². The molecule has 174 valence electrons. The van der Waals surface area contributed by atoms with Gasteiger partial charge in [0, 0.05) is 24.8 Å². The van der Waals surface area contributed by atoms with Crippen molar-refractivity contribution in [1.82, 2.24) is 9.88 Å². The van der Waals surface area contributed by atoms with Gasteiger partial charge in [-0.15, -0.1) is 11.3 Å². The van der Waals surface area contributed by atoms with Crippen LogP contribution < -0.4 is 9.80 Å². The number of carbonyl (C=O) groups is 3. The molecule has 0 bridgehead atoms. The van der Waals surface area contributed by atoms with Crippen LogP contribution in [0, 0.1) is 6.92 Å². The lowest BCUT2D eigenvalue weighted by Gasteiger charge is -2.48. The largest absolute Gasteiger partial charge is 0.315 e. The summed E-state index contributed by atoms with van der Waals surface area (Å²) in [6, 6.07) is 16.8. The Hall–Kier alpha value is -3.52. The van der Waals surface area contributed by atoms with Crippen molar-refractivity contribution in [3.05, 3.63) is 71.2 Å². The van der Waals surface area contributed by atoms with E-state index >= 15 is 0 Å². The highest BCUT2D eigenvalue weighted by atomic mass is 32.1. The number of nitrogens with zero attached hydrogens (tertiary/aromatic N) is 4. The monoisotopic (exact) mass is 474 g/mol. The van der Waals surface area contributed by atoms with Gasteiger partial charge in [-0.1, -0.05) is 30.3 Å². The van der Waals surface area contributed by atoms with Gasteiger partial charge in [0.25, 0.3) is 5.91 Å². The van der Waals surface area contributed by atoms with E-state index in [0.29, 0.717) is 42.2 Å². The minimum absolute atomic E-state index is 0.0259. The second kappa shape index (κ2) is 8.68. The number of para-hydroxylation sites is 2. The summed E-state index contributed by atoms with van der Waals surface area (Å²) in [6.07, 6.45) is 1.72. The van der Waals surface area contributed by atoms with E-state index in [2.05, 4.69) is 4.98 Å². The molecule has 0 radical (unpaired) electrons. The summed E-state index contributed by atoms with van der Waals surface area (Å²) < 4.78 is 0. The topological polar surface area (TPSA) is 73.8 Å². The molecular weight excluding hydrogens is 448 g/mol. The Morgan fingerprint density at radius 3 is 2.59 bits per heavy atom. The Balaban J connectivity index is 1.36. The van der Waals surface area contributed by atoms with Crippen molar-refractivity contribution < 1.29 is 14.4 Å². The van der Waals surface area contributed by atoms with Crippen LogP contribution in [-0.2, 0) is 9.59 Å². The minimum atomic E-state index is -0.711. The lowest BCUT2D eigenvalue weighted by molar-refractivity contribution is -0.119. The molecule has 2 aliphatic heterocycles. The standard InChI is InChI=1S/C26H26N4O3S/c1-18-17-34-25(27-18)29(19-9-4-3-5-10-19)22(31)13-8-16-28-24(33)20-11-6-7-12-21(20)30-23(32)14-15-26(28,30)2/h3-7,9-12,17H,8,13-16H2,1-2H3. The van der Waals surface area contributed by atoms with Crippen molar-refractivity contribution in [2.45, 2.75) is 45.2 Å². The first-order valence-corrected chi connectivity index (χ1v) is 12.3. The lowest BCUT2D eigenvalue weighted by Crippen LogP contribution is -2.62. The molecule has 0 N–H and O–H groups in total. The molecule has 3 aromatic rings. The van der Waals surface area contributed by atoms with Crippen molar-refractivity contribution in [3.8, 4) is 0 Å². The van der Waals surface area contributed by atoms with Crippen LogP contribution in [0.1, 0.15) is 48.7 Å². The average Bonchev–Trinajstić information content (AvgIpc) is 3.39. The number of fused-ring (bicyclic) bond motifs is 3. The van der Waals surface area contributed by atoms with E-state index in [4.69, 9.17) is 0 Å². The van der Waals surface area contributed by atoms with Crippen LogP contribution >= 0.6 is 11.3 Å². The zero-order valence-corrected chi connectivity index (χ0v) is 20.0. The number of rotatable bonds is 6. The number of aryl methyl sites for hydroxylation is 1. The molecule has 1 unspecified atom stereocenters. The maximum absolute atomic E-state index is 13.4. The van der Waals surface area contributed by atoms with Gasteiger partial charge in [-0.05, 0) is 51.0 Å². The molecule has 7 nitrogen and oxygen atoms in total. The van der Waals surface area contributed by atoms with E-state index in [0.717, 1.165) is 11.4 Å². The summed E-state index contributed by atoms with van der Waals surface area (Å²) in [5.74, 6) is -0.139. The quantitative estimate of drug-likeness (QED) is 0.510. The fourth-order valence-electron chi connectivity index (χ4n) is 4.92. The van der Waals surface area contributed by atoms with Gasteiger partial charge in [-0.25, -0.2) is 4.98 Å². The molecule has 0 saturated carbocycles. The van der Waals surface area contributed by atoms with Crippen LogP contribution in [0.5, 0.6) is 0 Å². The number of anilines is 3. The Morgan fingerprint density at radius 1 is 1.12 bits per heavy atom. The number of hydrogen-bond acceptors (Lipinski definition) is 5. The third-order valence-corrected chi connectivity index (χ3v) is 7.52. The number of benzene rings is 2. The maximum Gasteiger partial charge on any atom is 0.257 e.